The standard InChI is InChI=1S/C23H22N4OS/c1-16-13-23(26-21-6-4-3-5-20(16)21)29-14-22(28)25-17(2)18-7-9-19(10-8-18)27-12-11-24-15-27/h3-13,15,17H,14H2,1-2H3,(H,25,28)/t17-/m1/s1. The molecule has 29 heavy (non-hydrogen) atoms. The fraction of sp³-hybridized carbons (Fsp3) is 0.174. The third-order valence-corrected chi connectivity index (χ3v) is 5.74. The van der Waals surface area contributed by atoms with Crippen LogP contribution in [0.3, 0.4) is 0 Å². The van der Waals surface area contributed by atoms with Gasteiger partial charge in [-0.05, 0) is 49.2 Å². The summed E-state index contributed by atoms with van der Waals surface area (Å²) in [4.78, 5) is 21.1. The number of rotatable bonds is 6. The van der Waals surface area contributed by atoms with E-state index < -0.39 is 0 Å². The Hall–Kier alpha value is -3.12. The number of carbonyl (C=O) groups is 1. The molecule has 0 fully saturated rings. The van der Waals surface area contributed by atoms with Crippen molar-refractivity contribution in [3.63, 3.8) is 0 Å². The molecule has 4 rings (SSSR count). The monoisotopic (exact) mass is 402 g/mol. The molecular weight excluding hydrogens is 380 g/mol. The number of fused-ring (bicyclic) bond motifs is 1. The number of pyridine rings is 1. The molecule has 0 aliphatic carbocycles. The highest BCUT2D eigenvalue weighted by atomic mass is 32.2. The number of aryl methyl sites for hydroxylation is 1. The van der Waals surface area contributed by atoms with Gasteiger partial charge in [-0.25, -0.2) is 9.97 Å². The molecule has 0 saturated carbocycles. The van der Waals surface area contributed by atoms with Gasteiger partial charge in [-0.2, -0.15) is 0 Å². The molecule has 0 aliphatic heterocycles. The number of hydrogen-bond acceptors (Lipinski definition) is 4. The van der Waals surface area contributed by atoms with Gasteiger partial charge in [0.05, 0.1) is 28.7 Å². The Kier molecular flexibility index (Phi) is 5.62. The molecule has 6 heteroatoms. The second kappa shape index (κ2) is 8.49. The maximum Gasteiger partial charge on any atom is 0.230 e. The molecule has 1 amide bonds. The van der Waals surface area contributed by atoms with Crippen molar-refractivity contribution in [2.24, 2.45) is 0 Å². The van der Waals surface area contributed by atoms with Crippen LogP contribution in [0.1, 0.15) is 24.1 Å². The molecule has 0 spiro atoms. The van der Waals surface area contributed by atoms with E-state index in [1.807, 2.05) is 66.2 Å². The van der Waals surface area contributed by atoms with Gasteiger partial charge < -0.3 is 9.88 Å². The lowest BCUT2D eigenvalue weighted by Gasteiger charge is -2.15. The minimum Gasteiger partial charge on any atom is -0.349 e. The number of nitrogens with one attached hydrogen (secondary N) is 1. The second-order valence-corrected chi connectivity index (χ2v) is 7.93. The summed E-state index contributed by atoms with van der Waals surface area (Å²) in [6.45, 7) is 4.07. The molecule has 146 valence electrons. The smallest absolute Gasteiger partial charge is 0.230 e. The first-order valence-corrected chi connectivity index (χ1v) is 10.5. The molecule has 0 saturated heterocycles. The van der Waals surface area contributed by atoms with E-state index in [4.69, 9.17) is 0 Å². The average molecular weight is 403 g/mol. The van der Waals surface area contributed by atoms with Crippen molar-refractivity contribution in [1.82, 2.24) is 19.9 Å². The highest BCUT2D eigenvalue weighted by Gasteiger charge is 2.11. The van der Waals surface area contributed by atoms with Gasteiger partial charge in [-0.1, -0.05) is 42.1 Å². The number of para-hydroxylation sites is 1. The van der Waals surface area contributed by atoms with Crippen molar-refractivity contribution in [3.05, 3.63) is 84.4 Å². The Morgan fingerprint density at radius 2 is 1.97 bits per heavy atom. The molecule has 4 aromatic rings. The number of thioether (sulfide) groups is 1. The van der Waals surface area contributed by atoms with Gasteiger partial charge in [0.25, 0.3) is 0 Å². The molecule has 1 N–H and O–H groups in total. The Balaban J connectivity index is 1.36. The van der Waals surface area contributed by atoms with Gasteiger partial charge in [-0.3, -0.25) is 4.79 Å². The zero-order valence-corrected chi connectivity index (χ0v) is 17.2. The van der Waals surface area contributed by atoms with E-state index in [9.17, 15) is 4.79 Å². The fourth-order valence-electron chi connectivity index (χ4n) is 3.25. The van der Waals surface area contributed by atoms with Crippen LogP contribution in [0.2, 0.25) is 0 Å². The van der Waals surface area contributed by atoms with Gasteiger partial charge in [0.2, 0.25) is 5.91 Å². The lowest BCUT2D eigenvalue weighted by atomic mass is 10.1. The zero-order chi connectivity index (χ0) is 20.2. The summed E-state index contributed by atoms with van der Waals surface area (Å²) in [5.74, 6) is 0.330. The minimum atomic E-state index is -0.0637. The van der Waals surface area contributed by atoms with E-state index in [1.165, 1.54) is 17.3 Å². The number of aromatic nitrogens is 3. The first-order valence-electron chi connectivity index (χ1n) is 9.47. The van der Waals surface area contributed by atoms with Crippen LogP contribution in [0.25, 0.3) is 16.6 Å². The normalized spacial score (nSPS) is 12.1. The zero-order valence-electron chi connectivity index (χ0n) is 16.4. The van der Waals surface area contributed by atoms with E-state index in [0.717, 1.165) is 27.2 Å². The van der Waals surface area contributed by atoms with Crippen LogP contribution in [0.5, 0.6) is 0 Å². The number of carbonyl (C=O) groups excluding carboxylic acids is 1. The second-order valence-electron chi connectivity index (χ2n) is 6.93. The van der Waals surface area contributed by atoms with Crippen molar-refractivity contribution < 1.29 is 4.79 Å². The van der Waals surface area contributed by atoms with Gasteiger partial charge in [-0.15, -0.1) is 0 Å². The Morgan fingerprint density at radius 3 is 2.72 bits per heavy atom. The third-order valence-electron chi connectivity index (χ3n) is 4.82. The van der Waals surface area contributed by atoms with Crippen LogP contribution in [0.15, 0.2) is 78.3 Å². The maximum atomic E-state index is 12.4. The lowest BCUT2D eigenvalue weighted by molar-refractivity contribution is -0.119. The van der Waals surface area contributed by atoms with Crippen molar-refractivity contribution >= 4 is 28.6 Å². The number of nitrogens with zero attached hydrogens (tertiary/aromatic N) is 3. The van der Waals surface area contributed by atoms with Crippen LogP contribution in [-0.4, -0.2) is 26.2 Å². The van der Waals surface area contributed by atoms with Gasteiger partial charge in [0.15, 0.2) is 0 Å². The highest BCUT2D eigenvalue weighted by Crippen LogP contribution is 2.24. The number of imidazole rings is 1. The van der Waals surface area contributed by atoms with Crippen LogP contribution < -0.4 is 5.32 Å². The predicted molar refractivity (Wildman–Crippen MR) is 117 cm³/mol. The molecule has 5 nitrogen and oxygen atoms in total. The summed E-state index contributed by atoms with van der Waals surface area (Å²) in [6, 6.07) is 18.1. The van der Waals surface area contributed by atoms with E-state index in [2.05, 4.69) is 28.3 Å². The Bertz CT molecular complexity index is 1120. The molecular formula is C23H22N4OS. The summed E-state index contributed by atoms with van der Waals surface area (Å²) in [7, 11) is 0. The van der Waals surface area contributed by atoms with E-state index in [0.29, 0.717) is 5.75 Å². The Labute approximate surface area is 174 Å². The molecule has 1 atom stereocenters. The average Bonchev–Trinajstić information content (AvgIpc) is 3.27. The lowest BCUT2D eigenvalue weighted by Crippen LogP contribution is -2.28. The maximum absolute atomic E-state index is 12.4. The van der Waals surface area contributed by atoms with E-state index in [1.54, 1.807) is 12.5 Å². The van der Waals surface area contributed by atoms with Crippen molar-refractivity contribution in [1.29, 1.82) is 0 Å². The van der Waals surface area contributed by atoms with E-state index in [-0.39, 0.29) is 11.9 Å². The molecule has 2 heterocycles. The summed E-state index contributed by atoms with van der Waals surface area (Å²) in [5, 5.41) is 5.08. The van der Waals surface area contributed by atoms with Crippen LogP contribution in [0, 0.1) is 6.92 Å². The molecule has 0 bridgehead atoms. The highest BCUT2D eigenvalue weighted by molar-refractivity contribution is 7.99. The van der Waals surface area contributed by atoms with Gasteiger partial charge in [0.1, 0.15) is 0 Å². The molecule has 0 unspecified atom stereocenters. The molecule has 2 aromatic heterocycles. The van der Waals surface area contributed by atoms with Crippen molar-refractivity contribution in [2.75, 3.05) is 5.75 Å². The minimum absolute atomic E-state index is 0.00574. The quantitative estimate of drug-likeness (QED) is 0.475. The largest absolute Gasteiger partial charge is 0.349 e. The van der Waals surface area contributed by atoms with E-state index >= 15 is 0 Å². The van der Waals surface area contributed by atoms with Crippen LogP contribution in [0.4, 0.5) is 0 Å². The molecule has 0 radical (unpaired) electrons. The summed E-state index contributed by atoms with van der Waals surface area (Å²) >= 11 is 1.46. The van der Waals surface area contributed by atoms with Gasteiger partial charge in [0, 0.05) is 23.5 Å². The Morgan fingerprint density at radius 1 is 1.17 bits per heavy atom. The SMILES string of the molecule is Cc1cc(SCC(=O)N[C@H](C)c2ccc(-n3ccnc3)cc2)nc2ccccc12. The van der Waals surface area contributed by atoms with Gasteiger partial charge >= 0.3 is 0 Å². The predicted octanol–water partition coefficient (Wildman–Crippen LogP) is 4.70. The first kappa shape index (κ1) is 19.2. The summed E-state index contributed by atoms with van der Waals surface area (Å²) < 4.78 is 1.95. The first-order chi connectivity index (χ1) is 14.1. The fourth-order valence-corrected chi connectivity index (χ4v) is 4.03. The van der Waals surface area contributed by atoms with Crippen molar-refractivity contribution in [2.45, 2.75) is 24.9 Å². The third kappa shape index (κ3) is 4.49. The van der Waals surface area contributed by atoms with Crippen LogP contribution in [-0.2, 0) is 4.79 Å². The summed E-state index contributed by atoms with van der Waals surface area (Å²) in [6.07, 6.45) is 5.42. The summed E-state index contributed by atoms with van der Waals surface area (Å²) in [5.41, 5.74) is 4.23. The molecule has 2 aromatic carbocycles. The number of hydrogen-bond donors (Lipinski definition) is 1. The number of benzene rings is 2. The van der Waals surface area contributed by atoms with Crippen LogP contribution >= 0.6 is 11.8 Å². The topological polar surface area (TPSA) is 59.8 Å². The van der Waals surface area contributed by atoms with Crippen molar-refractivity contribution in [3.8, 4) is 5.69 Å². The molecule has 0 aliphatic rings. The number of amides is 1.